The summed E-state index contributed by atoms with van der Waals surface area (Å²) in [5, 5.41) is 5.78. The molecule has 0 saturated carbocycles. The van der Waals surface area contributed by atoms with Crippen molar-refractivity contribution in [3.05, 3.63) is 35.9 Å². The minimum absolute atomic E-state index is 0.211. The van der Waals surface area contributed by atoms with Gasteiger partial charge in [-0.15, -0.1) is 0 Å². The van der Waals surface area contributed by atoms with E-state index in [9.17, 15) is 19.2 Å². The second-order valence-electron chi connectivity index (χ2n) is 9.88. The fraction of sp³-hybridized carbons (Fsp3) is 0.600. The molecule has 0 aliphatic carbocycles. The van der Waals surface area contributed by atoms with Crippen LogP contribution in [0.3, 0.4) is 0 Å². The monoisotopic (exact) mass is 472 g/mol. The lowest BCUT2D eigenvalue weighted by Gasteiger charge is -2.47. The van der Waals surface area contributed by atoms with Gasteiger partial charge >= 0.3 is 6.09 Å². The van der Waals surface area contributed by atoms with Crippen molar-refractivity contribution < 1.29 is 23.9 Å². The second-order valence-corrected chi connectivity index (χ2v) is 9.88. The molecule has 186 valence electrons. The fourth-order valence-electron chi connectivity index (χ4n) is 4.67. The molecule has 2 saturated heterocycles. The first-order chi connectivity index (χ1) is 16.1. The number of amides is 4. The average molecular weight is 473 g/mol. The number of carbonyl (C=O) groups is 4. The number of nitrogens with one attached hydrogen (secondary N) is 2. The van der Waals surface area contributed by atoms with Crippen molar-refractivity contribution in [1.29, 1.82) is 0 Å². The van der Waals surface area contributed by atoms with Gasteiger partial charge in [0.25, 0.3) is 0 Å². The molecule has 1 atom stereocenters. The number of hydrogen-bond donors (Lipinski definition) is 2. The Morgan fingerprint density at radius 3 is 2.32 bits per heavy atom. The standard InChI is InChI=1S/C25H36N4O5/c1-5-26-21(31)19-11-12-20(30)29(19)25(22(32)27-17-18-9-7-6-8-10-18)13-15-28(16-14-25)23(33)34-24(2,3)4/h6-10,19H,5,11-17H2,1-4H3,(H,26,31)(H,27,32)/t19-/m0/s1. The van der Waals surface area contributed by atoms with E-state index in [1.54, 1.807) is 25.7 Å². The first-order valence-electron chi connectivity index (χ1n) is 12.0. The van der Waals surface area contributed by atoms with Crippen LogP contribution in [0.5, 0.6) is 0 Å². The molecule has 1 aromatic carbocycles. The Morgan fingerprint density at radius 2 is 1.74 bits per heavy atom. The van der Waals surface area contributed by atoms with Crippen LogP contribution in [0.2, 0.25) is 0 Å². The molecule has 9 nitrogen and oxygen atoms in total. The molecule has 2 aliphatic heterocycles. The number of hydrogen-bond acceptors (Lipinski definition) is 5. The van der Waals surface area contributed by atoms with Crippen LogP contribution in [0.25, 0.3) is 0 Å². The van der Waals surface area contributed by atoms with Crippen LogP contribution in [-0.2, 0) is 25.7 Å². The predicted octanol–water partition coefficient (Wildman–Crippen LogP) is 2.20. The van der Waals surface area contributed by atoms with E-state index in [2.05, 4.69) is 10.6 Å². The van der Waals surface area contributed by atoms with Gasteiger partial charge in [0.15, 0.2) is 0 Å². The SMILES string of the molecule is CCNC(=O)[C@@H]1CCC(=O)N1C1(C(=O)NCc2ccccc2)CCN(C(=O)OC(C)(C)C)CC1. The lowest BCUT2D eigenvalue weighted by Crippen LogP contribution is -2.67. The molecule has 0 unspecified atom stereocenters. The van der Waals surface area contributed by atoms with Crippen molar-refractivity contribution in [3.63, 3.8) is 0 Å². The van der Waals surface area contributed by atoms with Crippen LogP contribution in [0.4, 0.5) is 4.79 Å². The topological polar surface area (TPSA) is 108 Å². The van der Waals surface area contributed by atoms with Gasteiger partial charge in [0.1, 0.15) is 17.2 Å². The van der Waals surface area contributed by atoms with E-state index in [4.69, 9.17) is 4.74 Å². The van der Waals surface area contributed by atoms with E-state index in [-0.39, 0.29) is 50.1 Å². The lowest BCUT2D eigenvalue weighted by molar-refractivity contribution is -0.153. The van der Waals surface area contributed by atoms with Crippen LogP contribution in [-0.4, -0.2) is 70.4 Å². The molecule has 2 N–H and O–H groups in total. The average Bonchev–Trinajstić information content (AvgIpc) is 3.19. The van der Waals surface area contributed by atoms with Crippen molar-refractivity contribution in [3.8, 4) is 0 Å². The van der Waals surface area contributed by atoms with Crippen molar-refractivity contribution in [2.75, 3.05) is 19.6 Å². The van der Waals surface area contributed by atoms with Crippen LogP contribution >= 0.6 is 0 Å². The predicted molar refractivity (Wildman–Crippen MR) is 127 cm³/mol. The maximum absolute atomic E-state index is 13.7. The van der Waals surface area contributed by atoms with Gasteiger partial charge in [-0.3, -0.25) is 14.4 Å². The first kappa shape index (κ1) is 25.5. The zero-order valence-corrected chi connectivity index (χ0v) is 20.6. The summed E-state index contributed by atoms with van der Waals surface area (Å²) in [6, 6.07) is 8.81. The van der Waals surface area contributed by atoms with Gasteiger partial charge in [-0.1, -0.05) is 30.3 Å². The lowest BCUT2D eigenvalue weighted by atomic mass is 9.83. The van der Waals surface area contributed by atoms with Gasteiger partial charge in [-0.05, 0) is 52.5 Å². The molecule has 4 amide bonds. The summed E-state index contributed by atoms with van der Waals surface area (Å²) < 4.78 is 5.49. The number of likely N-dealkylation sites (tertiary alicyclic amines) is 2. The zero-order chi connectivity index (χ0) is 24.9. The van der Waals surface area contributed by atoms with Gasteiger partial charge in [0.2, 0.25) is 17.7 Å². The Kier molecular flexibility index (Phi) is 7.84. The number of ether oxygens (including phenoxy) is 1. The zero-order valence-electron chi connectivity index (χ0n) is 20.6. The third-order valence-corrected chi connectivity index (χ3v) is 6.29. The van der Waals surface area contributed by atoms with Crippen molar-refractivity contribution in [1.82, 2.24) is 20.4 Å². The van der Waals surface area contributed by atoms with E-state index < -0.39 is 23.3 Å². The normalized spacial score (nSPS) is 20.1. The molecule has 1 aromatic rings. The summed E-state index contributed by atoms with van der Waals surface area (Å²) >= 11 is 0. The molecule has 0 radical (unpaired) electrons. The van der Waals surface area contributed by atoms with Crippen LogP contribution in [0.1, 0.15) is 58.9 Å². The molecule has 0 spiro atoms. The highest BCUT2D eigenvalue weighted by Crippen LogP contribution is 2.37. The quantitative estimate of drug-likeness (QED) is 0.660. The highest BCUT2D eigenvalue weighted by molar-refractivity contribution is 5.97. The molecule has 3 rings (SSSR count). The third-order valence-electron chi connectivity index (χ3n) is 6.29. The fourth-order valence-corrected chi connectivity index (χ4v) is 4.67. The first-order valence-corrected chi connectivity index (χ1v) is 12.0. The van der Waals surface area contributed by atoms with E-state index in [0.717, 1.165) is 5.56 Å². The molecule has 34 heavy (non-hydrogen) atoms. The Bertz CT molecular complexity index is 904. The molecular formula is C25H36N4O5. The summed E-state index contributed by atoms with van der Waals surface area (Å²) in [6.45, 7) is 8.48. The van der Waals surface area contributed by atoms with E-state index in [1.165, 1.54) is 4.90 Å². The molecule has 0 bridgehead atoms. The van der Waals surface area contributed by atoms with E-state index in [0.29, 0.717) is 19.5 Å². The summed E-state index contributed by atoms with van der Waals surface area (Å²) in [4.78, 5) is 55.2. The van der Waals surface area contributed by atoms with Crippen molar-refractivity contribution in [2.24, 2.45) is 0 Å². The van der Waals surface area contributed by atoms with Crippen molar-refractivity contribution in [2.45, 2.75) is 77.1 Å². The molecule has 2 aliphatic rings. The molecular weight excluding hydrogens is 436 g/mol. The second kappa shape index (κ2) is 10.4. The van der Waals surface area contributed by atoms with Gasteiger partial charge in [-0.25, -0.2) is 4.79 Å². The molecule has 9 heteroatoms. The van der Waals surface area contributed by atoms with Crippen LogP contribution < -0.4 is 10.6 Å². The minimum Gasteiger partial charge on any atom is -0.444 e. The summed E-state index contributed by atoms with van der Waals surface area (Å²) in [5.74, 6) is -0.764. The maximum atomic E-state index is 13.7. The Balaban J connectivity index is 1.85. The summed E-state index contributed by atoms with van der Waals surface area (Å²) in [5.41, 5.74) is -0.908. The summed E-state index contributed by atoms with van der Waals surface area (Å²) in [7, 11) is 0. The summed E-state index contributed by atoms with van der Waals surface area (Å²) in [6.07, 6.45) is 0.599. The van der Waals surface area contributed by atoms with Gasteiger partial charge in [0, 0.05) is 32.6 Å². The van der Waals surface area contributed by atoms with Gasteiger partial charge < -0.3 is 25.2 Å². The molecule has 2 heterocycles. The third kappa shape index (κ3) is 5.69. The maximum Gasteiger partial charge on any atom is 0.410 e. The highest BCUT2D eigenvalue weighted by Gasteiger charge is 2.54. The highest BCUT2D eigenvalue weighted by atomic mass is 16.6. The van der Waals surface area contributed by atoms with Crippen LogP contribution in [0.15, 0.2) is 30.3 Å². The van der Waals surface area contributed by atoms with Gasteiger partial charge in [-0.2, -0.15) is 0 Å². The largest absolute Gasteiger partial charge is 0.444 e. The number of carbonyl (C=O) groups excluding carboxylic acids is 4. The Labute approximate surface area is 201 Å². The number of nitrogens with zero attached hydrogens (tertiary/aromatic N) is 2. The molecule has 2 fully saturated rings. The van der Waals surface area contributed by atoms with E-state index in [1.807, 2.05) is 37.3 Å². The Morgan fingerprint density at radius 1 is 1.09 bits per heavy atom. The van der Waals surface area contributed by atoms with Gasteiger partial charge in [0.05, 0.1) is 0 Å². The van der Waals surface area contributed by atoms with Crippen molar-refractivity contribution >= 4 is 23.8 Å². The smallest absolute Gasteiger partial charge is 0.410 e. The van der Waals surface area contributed by atoms with E-state index >= 15 is 0 Å². The number of rotatable bonds is 6. The Hall–Kier alpha value is -3.10. The van der Waals surface area contributed by atoms with Crippen LogP contribution in [0, 0.1) is 0 Å². The molecule has 0 aromatic heterocycles. The number of likely N-dealkylation sites (N-methyl/N-ethyl adjacent to an activating group) is 1. The number of benzene rings is 1. The number of piperidine rings is 1. The minimum atomic E-state index is -1.21.